The number of hydrogen-bond donors (Lipinski definition) is 2. The molecule has 0 aromatic carbocycles. The molecule has 0 fully saturated rings. The van der Waals surface area contributed by atoms with Crippen LogP contribution in [0.5, 0.6) is 0 Å². The molecule has 8 nitrogen and oxygen atoms in total. The van der Waals surface area contributed by atoms with Gasteiger partial charge in [0, 0.05) is 6.42 Å². The number of rotatable bonds is 44. The first-order valence-electron chi connectivity index (χ1n) is 24.4. The number of nitrogens with one attached hydrogen (secondary N) is 1. The van der Waals surface area contributed by atoms with Crippen molar-refractivity contribution >= 4 is 13.7 Å². The Morgan fingerprint density at radius 3 is 1.40 bits per heavy atom. The summed E-state index contributed by atoms with van der Waals surface area (Å²) >= 11 is 0. The molecular weight excluding hydrogens is 744 g/mol. The molecule has 0 radical (unpaired) electrons. The van der Waals surface area contributed by atoms with Crippen LogP contribution in [0.3, 0.4) is 0 Å². The van der Waals surface area contributed by atoms with Crippen molar-refractivity contribution in [3.63, 3.8) is 0 Å². The number of aliphatic hydroxyl groups is 1. The quantitative estimate of drug-likeness (QED) is 0.0274. The summed E-state index contributed by atoms with van der Waals surface area (Å²) in [6.07, 6.45) is 50.6. The van der Waals surface area contributed by atoms with Crippen molar-refractivity contribution in [1.29, 1.82) is 0 Å². The Balaban J connectivity index is 4.31. The Labute approximate surface area is 359 Å². The second-order valence-electron chi connectivity index (χ2n) is 17.8. The van der Waals surface area contributed by atoms with E-state index in [4.69, 9.17) is 9.05 Å². The predicted octanol–water partition coefficient (Wildman–Crippen LogP) is 13.2. The number of phosphoric acid groups is 1. The van der Waals surface area contributed by atoms with E-state index in [9.17, 15) is 19.4 Å². The van der Waals surface area contributed by atoms with E-state index in [2.05, 4.69) is 43.5 Å². The van der Waals surface area contributed by atoms with Gasteiger partial charge in [0.15, 0.2) is 0 Å². The van der Waals surface area contributed by atoms with Crippen LogP contribution in [0.1, 0.15) is 219 Å². The number of unbranched alkanes of at least 4 members (excludes halogenated alkanes) is 27. The highest BCUT2D eigenvalue weighted by Gasteiger charge is 2.23. The first-order valence-corrected chi connectivity index (χ1v) is 25.8. The molecule has 3 atom stereocenters. The summed E-state index contributed by atoms with van der Waals surface area (Å²) in [4.78, 5) is 25.3. The number of quaternary nitrogens is 1. The minimum atomic E-state index is -4.60. The zero-order valence-electron chi connectivity index (χ0n) is 38.8. The lowest BCUT2D eigenvalue weighted by Crippen LogP contribution is -2.45. The third kappa shape index (κ3) is 42.8. The Hall–Kier alpha value is -1.28. The lowest BCUT2D eigenvalue weighted by molar-refractivity contribution is -0.870. The standard InChI is InChI=1S/C49H95N2O6P/c1-6-8-10-12-14-16-18-20-22-23-24-25-26-27-28-29-31-33-35-37-39-41-43-49(53)50-47(46-57-58(54,55)56-45-44-51(3,4)5)48(52)42-40-38-36-34-32-30-21-19-17-15-13-11-9-7-2/h17,19,32,34,40,42,47-48,52H,6-16,18,20-31,33,35-39,41,43-46H2,1-5H3,(H-,50,53,54,55)/b19-17+,34-32+,42-40+. The minimum absolute atomic E-state index is 0.00782. The predicted molar refractivity (Wildman–Crippen MR) is 247 cm³/mol. The number of carbonyl (C=O) groups is 1. The summed E-state index contributed by atoms with van der Waals surface area (Å²) in [5.41, 5.74) is 0. The Morgan fingerprint density at radius 1 is 0.586 bits per heavy atom. The monoisotopic (exact) mass is 839 g/mol. The normalized spacial score (nSPS) is 14.5. The fourth-order valence-electron chi connectivity index (χ4n) is 6.95. The second-order valence-corrected chi connectivity index (χ2v) is 19.2. The third-order valence-corrected chi connectivity index (χ3v) is 11.8. The summed E-state index contributed by atoms with van der Waals surface area (Å²) < 4.78 is 23.2. The van der Waals surface area contributed by atoms with Crippen LogP contribution in [-0.2, 0) is 18.4 Å². The zero-order valence-corrected chi connectivity index (χ0v) is 39.6. The van der Waals surface area contributed by atoms with Gasteiger partial charge in [-0.15, -0.1) is 0 Å². The van der Waals surface area contributed by atoms with Crippen LogP contribution in [0.4, 0.5) is 0 Å². The highest BCUT2D eigenvalue weighted by atomic mass is 31.2. The largest absolute Gasteiger partial charge is 0.756 e. The smallest absolute Gasteiger partial charge is 0.268 e. The molecule has 0 saturated carbocycles. The highest BCUT2D eigenvalue weighted by molar-refractivity contribution is 7.45. The first-order chi connectivity index (χ1) is 28.0. The van der Waals surface area contributed by atoms with Gasteiger partial charge in [-0.2, -0.15) is 0 Å². The van der Waals surface area contributed by atoms with Crippen LogP contribution in [0.15, 0.2) is 36.5 Å². The van der Waals surface area contributed by atoms with Gasteiger partial charge >= 0.3 is 0 Å². The molecule has 0 bridgehead atoms. The number of aliphatic hydroxyl groups excluding tert-OH is 1. The van der Waals surface area contributed by atoms with Crippen LogP contribution in [0.2, 0.25) is 0 Å². The molecule has 0 aromatic heterocycles. The molecule has 0 rings (SSSR count). The molecule has 0 heterocycles. The molecule has 0 aromatic rings. The van der Waals surface area contributed by atoms with Crippen LogP contribution < -0.4 is 10.2 Å². The second kappa shape index (κ2) is 41.1. The Bertz CT molecular complexity index is 1040. The maximum absolute atomic E-state index is 12.9. The number of likely N-dealkylation sites (N-methyl/N-ethyl adjacent to an activating group) is 1. The molecule has 0 saturated heterocycles. The average molecular weight is 839 g/mol. The van der Waals surface area contributed by atoms with Gasteiger partial charge in [-0.05, 0) is 44.9 Å². The summed E-state index contributed by atoms with van der Waals surface area (Å²) in [5, 5.41) is 13.8. The molecule has 3 unspecified atom stereocenters. The molecular formula is C49H95N2O6P. The molecule has 0 aliphatic heterocycles. The zero-order chi connectivity index (χ0) is 42.8. The van der Waals surface area contributed by atoms with Crippen LogP contribution in [-0.4, -0.2) is 68.5 Å². The van der Waals surface area contributed by atoms with Crippen molar-refractivity contribution in [3.05, 3.63) is 36.5 Å². The third-order valence-electron chi connectivity index (χ3n) is 10.8. The van der Waals surface area contributed by atoms with Crippen LogP contribution in [0.25, 0.3) is 0 Å². The first kappa shape index (κ1) is 56.7. The van der Waals surface area contributed by atoms with E-state index in [0.717, 1.165) is 44.9 Å². The van der Waals surface area contributed by atoms with Crippen molar-refractivity contribution < 1.29 is 32.9 Å². The number of hydrogen-bond acceptors (Lipinski definition) is 6. The lowest BCUT2D eigenvalue weighted by Gasteiger charge is -2.29. The molecule has 0 aliphatic carbocycles. The SMILES string of the molecule is CCCCCC/C=C/CC/C=C/CC/C=C/C(O)C(COP(=O)([O-])OCC[N+](C)(C)C)NC(=O)CCCCCCCCCCCCCCCCCCCCCCCC. The van der Waals surface area contributed by atoms with E-state index in [1.165, 1.54) is 154 Å². The van der Waals surface area contributed by atoms with Crippen LogP contribution >= 0.6 is 7.82 Å². The summed E-state index contributed by atoms with van der Waals surface area (Å²) in [6, 6.07) is -0.906. The molecule has 2 N–H and O–H groups in total. The van der Waals surface area contributed by atoms with E-state index in [0.29, 0.717) is 17.4 Å². The lowest BCUT2D eigenvalue weighted by atomic mass is 10.0. The van der Waals surface area contributed by atoms with Gasteiger partial charge in [0.2, 0.25) is 5.91 Å². The van der Waals surface area contributed by atoms with Gasteiger partial charge in [-0.1, -0.05) is 204 Å². The van der Waals surface area contributed by atoms with E-state index in [1.54, 1.807) is 6.08 Å². The molecule has 0 spiro atoms. The van der Waals surface area contributed by atoms with E-state index >= 15 is 0 Å². The topological polar surface area (TPSA) is 108 Å². The number of phosphoric ester groups is 1. The number of amides is 1. The van der Waals surface area contributed by atoms with Crippen molar-refractivity contribution in [2.45, 2.75) is 231 Å². The number of carbonyl (C=O) groups excluding carboxylic acids is 1. The van der Waals surface area contributed by atoms with E-state index < -0.39 is 26.6 Å². The van der Waals surface area contributed by atoms with Gasteiger partial charge in [-0.3, -0.25) is 9.36 Å². The van der Waals surface area contributed by atoms with Crippen molar-refractivity contribution in [3.8, 4) is 0 Å². The number of nitrogens with zero attached hydrogens (tertiary/aromatic N) is 1. The maximum atomic E-state index is 12.9. The maximum Gasteiger partial charge on any atom is 0.268 e. The Kier molecular flexibility index (Phi) is 40.2. The summed E-state index contributed by atoms with van der Waals surface area (Å²) in [7, 11) is 1.24. The minimum Gasteiger partial charge on any atom is -0.756 e. The Morgan fingerprint density at radius 2 is 0.966 bits per heavy atom. The summed E-state index contributed by atoms with van der Waals surface area (Å²) in [5.74, 6) is -0.209. The average Bonchev–Trinajstić information content (AvgIpc) is 3.17. The fraction of sp³-hybridized carbons (Fsp3) is 0.857. The van der Waals surface area contributed by atoms with E-state index in [1.807, 2.05) is 27.2 Å². The van der Waals surface area contributed by atoms with Gasteiger partial charge in [0.05, 0.1) is 39.9 Å². The molecule has 0 aliphatic rings. The molecule has 342 valence electrons. The van der Waals surface area contributed by atoms with E-state index in [-0.39, 0.29) is 12.5 Å². The van der Waals surface area contributed by atoms with Crippen molar-refractivity contribution in [1.82, 2.24) is 5.32 Å². The highest BCUT2D eigenvalue weighted by Crippen LogP contribution is 2.38. The van der Waals surface area contributed by atoms with Gasteiger partial charge in [-0.25, -0.2) is 0 Å². The molecule has 1 amide bonds. The van der Waals surface area contributed by atoms with Crippen LogP contribution in [0, 0.1) is 0 Å². The molecule has 9 heteroatoms. The van der Waals surface area contributed by atoms with Gasteiger partial charge in [0.1, 0.15) is 13.2 Å². The van der Waals surface area contributed by atoms with Crippen molar-refractivity contribution in [2.24, 2.45) is 0 Å². The van der Waals surface area contributed by atoms with Crippen molar-refractivity contribution in [2.75, 3.05) is 40.9 Å². The fourth-order valence-corrected chi connectivity index (χ4v) is 7.67. The van der Waals surface area contributed by atoms with Gasteiger partial charge in [0.25, 0.3) is 7.82 Å². The number of allylic oxidation sites excluding steroid dienone is 5. The molecule has 58 heavy (non-hydrogen) atoms. The summed E-state index contributed by atoms with van der Waals surface area (Å²) in [6.45, 7) is 4.61. The van der Waals surface area contributed by atoms with Gasteiger partial charge < -0.3 is 28.8 Å².